The van der Waals surface area contributed by atoms with E-state index in [-0.39, 0.29) is 24.7 Å². The summed E-state index contributed by atoms with van der Waals surface area (Å²) in [4.78, 5) is 26.3. The van der Waals surface area contributed by atoms with E-state index < -0.39 is 5.60 Å². The fraction of sp³-hybridized carbons (Fsp3) is 0.579. The lowest BCUT2D eigenvalue weighted by Gasteiger charge is -2.34. The summed E-state index contributed by atoms with van der Waals surface area (Å²) in [7, 11) is 0. The van der Waals surface area contributed by atoms with Crippen molar-refractivity contribution in [3.63, 3.8) is 0 Å². The van der Waals surface area contributed by atoms with Gasteiger partial charge in [0.1, 0.15) is 5.60 Å². The average molecular weight is 362 g/mol. The zero-order valence-corrected chi connectivity index (χ0v) is 15.5. The summed E-state index contributed by atoms with van der Waals surface area (Å²) in [5, 5.41) is 2.95. The number of ether oxygens (including phenoxy) is 3. The zero-order chi connectivity index (χ0) is 18.7. The summed E-state index contributed by atoms with van der Waals surface area (Å²) in [5.41, 5.74) is 0.0338. The topological polar surface area (TPSA) is 77.1 Å². The number of carbonyl (C=O) groups is 2. The predicted molar refractivity (Wildman–Crippen MR) is 95.4 cm³/mol. The highest BCUT2D eigenvalue weighted by atomic mass is 16.7. The number of fused-ring (bicyclic) bond motifs is 1. The molecule has 1 N–H and O–H groups in total. The molecule has 2 aliphatic rings. The molecular formula is C19H26N2O5. The Balaban J connectivity index is 1.51. The molecule has 0 radical (unpaired) electrons. The van der Waals surface area contributed by atoms with Crippen molar-refractivity contribution in [2.45, 2.75) is 39.2 Å². The number of nitrogens with zero attached hydrogens (tertiary/aromatic N) is 1. The lowest BCUT2D eigenvalue weighted by Crippen LogP contribution is -2.45. The van der Waals surface area contributed by atoms with Crippen LogP contribution in [0, 0.1) is 5.92 Å². The van der Waals surface area contributed by atoms with Gasteiger partial charge in [-0.3, -0.25) is 4.79 Å². The Hall–Kier alpha value is -2.44. The molecule has 0 aromatic heterocycles. The van der Waals surface area contributed by atoms with Gasteiger partial charge in [0.2, 0.25) is 6.79 Å². The van der Waals surface area contributed by atoms with Crippen molar-refractivity contribution in [1.29, 1.82) is 0 Å². The molecule has 1 atom stereocenters. The maximum atomic E-state index is 12.4. The van der Waals surface area contributed by atoms with Gasteiger partial charge < -0.3 is 24.4 Å². The molecule has 0 bridgehead atoms. The van der Waals surface area contributed by atoms with Crippen molar-refractivity contribution in [1.82, 2.24) is 10.2 Å². The van der Waals surface area contributed by atoms with Crippen molar-refractivity contribution in [2.75, 3.05) is 26.4 Å². The number of amides is 2. The van der Waals surface area contributed by atoms with E-state index in [0.717, 1.165) is 12.8 Å². The van der Waals surface area contributed by atoms with Gasteiger partial charge >= 0.3 is 6.09 Å². The number of likely N-dealkylation sites (tertiary alicyclic amines) is 1. The molecule has 142 valence electrons. The summed E-state index contributed by atoms with van der Waals surface area (Å²) in [6.45, 7) is 7.57. The van der Waals surface area contributed by atoms with Gasteiger partial charge in [-0.1, -0.05) is 0 Å². The minimum atomic E-state index is -0.502. The number of carbonyl (C=O) groups excluding carboxylic acids is 2. The second kappa shape index (κ2) is 7.43. The minimum Gasteiger partial charge on any atom is -0.454 e. The van der Waals surface area contributed by atoms with Crippen molar-refractivity contribution < 1.29 is 23.8 Å². The second-order valence-corrected chi connectivity index (χ2v) is 7.71. The Morgan fingerprint density at radius 1 is 1.27 bits per heavy atom. The van der Waals surface area contributed by atoms with Crippen LogP contribution in [-0.4, -0.2) is 48.9 Å². The normalized spacial score (nSPS) is 19.2. The van der Waals surface area contributed by atoms with Crippen LogP contribution >= 0.6 is 0 Å². The number of hydrogen-bond acceptors (Lipinski definition) is 5. The van der Waals surface area contributed by atoms with Crippen LogP contribution in [0.2, 0.25) is 0 Å². The molecule has 1 saturated heterocycles. The highest BCUT2D eigenvalue weighted by molar-refractivity contribution is 5.94. The van der Waals surface area contributed by atoms with Crippen molar-refractivity contribution >= 4 is 12.0 Å². The summed E-state index contributed by atoms with van der Waals surface area (Å²) >= 11 is 0. The van der Waals surface area contributed by atoms with Crippen LogP contribution in [0.15, 0.2) is 18.2 Å². The summed E-state index contributed by atoms with van der Waals surface area (Å²) in [6, 6.07) is 5.14. The first kappa shape index (κ1) is 18.4. The Morgan fingerprint density at radius 2 is 2.04 bits per heavy atom. The second-order valence-electron chi connectivity index (χ2n) is 7.71. The maximum Gasteiger partial charge on any atom is 0.410 e. The predicted octanol–water partition coefficient (Wildman–Crippen LogP) is 2.79. The van der Waals surface area contributed by atoms with Gasteiger partial charge in [-0.15, -0.1) is 0 Å². The molecule has 2 amide bonds. The Labute approximate surface area is 153 Å². The van der Waals surface area contributed by atoms with Gasteiger partial charge in [0.25, 0.3) is 5.91 Å². The van der Waals surface area contributed by atoms with E-state index in [2.05, 4.69) is 5.32 Å². The van der Waals surface area contributed by atoms with Crippen molar-refractivity contribution in [2.24, 2.45) is 5.92 Å². The summed E-state index contributed by atoms with van der Waals surface area (Å²) < 4.78 is 16.0. The van der Waals surface area contributed by atoms with Gasteiger partial charge in [-0.25, -0.2) is 4.79 Å². The molecule has 1 unspecified atom stereocenters. The molecule has 1 fully saturated rings. The van der Waals surface area contributed by atoms with Crippen LogP contribution in [0.1, 0.15) is 44.0 Å². The molecule has 1 aromatic rings. The van der Waals surface area contributed by atoms with E-state index in [0.29, 0.717) is 36.7 Å². The molecule has 0 saturated carbocycles. The SMILES string of the molecule is CC(C)(C)OC(=O)N1CCCC(CNC(=O)c2ccc3c(c2)OCO3)C1. The van der Waals surface area contributed by atoms with Gasteiger partial charge in [0, 0.05) is 25.2 Å². The van der Waals surface area contributed by atoms with Gasteiger partial charge in [0.15, 0.2) is 11.5 Å². The number of hydrogen-bond donors (Lipinski definition) is 1. The van der Waals surface area contributed by atoms with E-state index in [1.54, 1.807) is 23.1 Å². The van der Waals surface area contributed by atoms with Crippen LogP contribution in [0.5, 0.6) is 11.5 Å². The molecule has 7 heteroatoms. The molecule has 26 heavy (non-hydrogen) atoms. The Kier molecular flexibility index (Phi) is 5.25. The average Bonchev–Trinajstić information content (AvgIpc) is 3.06. The monoisotopic (exact) mass is 362 g/mol. The van der Waals surface area contributed by atoms with E-state index >= 15 is 0 Å². The molecule has 7 nitrogen and oxygen atoms in total. The van der Waals surface area contributed by atoms with E-state index in [4.69, 9.17) is 14.2 Å². The molecule has 1 aromatic carbocycles. The van der Waals surface area contributed by atoms with Crippen LogP contribution in [0.3, 0.4) is 0 Å². The standard InChI is InChI=1S/C19H26N2O5/c1-19(2,3)26-18(23)21-8-4-5-13(11-21)10-20-17(22)14-6-7-15-16(9-14)25-12-24-15/h6-7,9,13H,4-5,8,10-12H2,1-3H3,(H,20,22). The molecular weight excluding hydrogens is 336 g/mol. The van der Waals surface area contributed by atoms with Crippen molar-refractivity contribution in [3.05, 3.63) is 23.8 Å². The number of rotatable bonds is 3. The lowest BCUT2D eigenvalue weighted by atomic mass is 9.98. The third kappa shape index (κ3) is 4.59. The quantitative estimate of drug-likeness (QED) is 0.895. The van der Waals surface area contributed by atoms with E-state index in [1.165, 1.54) is 0 Å². The fourth-order valence-corrected chi connectivity index (χ4v) is 3.10. The highest BCUT2D eigenvalue weighted by Crippen LogP contribution is 2.32. The number of nitrogens with one attached hydrogen (secondary N) is 1. The largest absolute Gasteiger partial charge is 0.454 e. The van der Waals surface area contributed by atoms with Crippen LogP contribution in [0.25, 0.3) is 0 Å². The van der Waals surface area contributed by atoms with Crippen LogP contribution < -0.4 is 14.8 Å². The molecule has 0 spiro atoms. The number of benzene rings is 1. The smallest absolute Gasteiger partial charge is 0.410 e. The lowest BCUT2D eigenvalue weighted by molar-refractivity contribution is 0.0167. The van der Waals surface area contributed by atoms with Crippen LogP contribution in [0.4, 0.5) is 4.79 Å². The first-order valence-corrected chi connectivity index (χ1v) is 8.97. The first-order chi connectivity index (χ1) is 12.3. The zero-order valence-electron chi connectivity index (χ0n) is 15.5. The fourth-order valence-electron chi connectivity index (χ4n) is 3.10. The highest BCUT2D eigenvalue weighted by Gasteiger charge is 2.28. The molecule has 2 aliphatic heterocycles. The maximum absolute atomic E-state index is 12.4. The number of piperidine rings is 1. The molecule has 2 heterocycles. The Bertz CT molecular complexity index is 683. The third-order valence-corrected chi connectivity index (χ3v) is 4.36. The third-order valence-electron chi connectivity index (χ3n) is 4.36. The summed E-state index contributed by atoms with van der Waals surface area (Å²) in [5.74, 6) is 1.31. The molecule has 0 aliphatic carbocycles. The van der Waals surface area contributed by atoms with Crippen LogP contribution in [-0.2, 0) is 4.74 Å². The van der Waals surface area contributed by atoms with E-state index in [9.17, 15) is 9.59 Å². The van der Waals surface area contributed by atoms with E-state index in [1.807, 2.05) is 20.8 Å². The van der Waals surface area contributed by atoms with Gasteiger partial charge in [-0.2, -0.15) is 0 Å². The van der Waals surface area contributed by atoms with Gasteiger partial charge in [0.05, 0.1) is 0 Å². The Morgan fingerprint density at radius 3 is 2.81 bits per heavy atom. The molecule has 3 rings (SSSR count). The summed E-state index contributed by atoms with van der Waals surface area (Å²) in [6.07, 6.45) is 1.59. The minimum absolute atomic E-state index is 0.155. The van der Waals surface area contributed by atoms with Crippen molar-refractivity contribution in [3.8, 4) is 11.5 Å². The van der Waals surface area contributed by atoms with Gasteiger partial charge in [-0.05, 0) is 57.7 Å². The first-order valence-electron chi connectivity index (χ1n) is 8.97.